The Labute approximate surface area is 108 Å². The van der Waals surface area contributed by atoms with Crippen LogP contribution in [0.4, 0.5) is 5.00 Å². The van der Waals surface area contributed by atoms with Crippen molar-refractivity contribution < 1.29 is 4.79 Å². The fourth-order valence-electron chi connectivity index (χ4n) is 2.37. The van der Waals surface area contributed by atoms with E-state index in [0.29, 0.717) is 5.00 Å². The fourth-order valence-corrected chi connectivity index (χ4v) is 4.17. The molecule has 0 radical (unpaired) electrons. The van der Waals surface area contributed by atoms with Crippen molar-refractivity contribution in [3.63, 3.8) is 0 Å². The largest absolute Gasteiger partial charge is 0.390 e. The Morgan fingerprint density at radius 2 is 2.12 bits per heavy atom. The van der Waals surface area contributed by atoms with Gasteiger partial charge in [0.2, 0.25) is 0 Å². The summed E-state index contributed by atoms with van der Waals surface area (Å²) in [4.78, 5) is 13.7. The highest BCUT2D eigenvalue weighted by molar-refractivity contribution is 7.16. The summed E-state index contributed by atoms with van der Waals surface area (Å²) in [7, 11) is 0. The Balaban J connectivity index is 2.08. The summed E-state index contributed by atoms with van der Waals surface area (Å²) in [6, 6.07) is 1.87. The quantitative estimate of drug-likeness (QED) is 0.843. The third kappa shape index (κ3) is 1.81. The molecule has 2 N–H and O–H groups in total. The van der Waals surface area contributed by atoms with Crippen LogP contribution in [-0.2, 0) is 12.8 Å². The Morgan fingerprint density at radius 1 is 1.29 bits per heavy atom. The lowest BCUT2D eigenvalue weighted by Gasteiger charge is -2.11. The second kappa shape index (κ2) is 4.27. The van der Waals surface area contributed by atoms with E-state index in [4.69, 9.17) is 5.73 Å². The lowest BCUT2D eigenvalue weighted by Crippen LogP contribution is -2.08. The number of rotatable bonds is 2. The van der Waals surface area contributed by atoms with E-state index in [1.807, 2.05) is 16.8 Å². The van der Waals surface area contributed by atoms with Crippen LogP contribution in [0.1, 0.15) is 39.2 Å². The van der Waals surface area contributed by atoms with Crippen molar-refractivity contribution in [2.45, 2.75) is 25.7 Å². The Morgan fingerprint density at radius 3 is 2.88 bits per heavy atom. The summed E-state index contributed by atoms with van der Waals surface area (Å²) in [6.45, 7) is 0. The molecule has 0 saturated heterocycles. The Bertz CT molecular complexity index is 554. The van der Waals surface area contributed by atoms with Crippen LogP contribution < -0.4 is 5.73 Å². The molecule has 0 amide bonds. The second-order valence-corrected chi connectivity index (χ2v) is 6.21. The zero-order valence-electron chi connectivity index (χ0n) is 9.36. The monoisotopic (exact) mass is 263 g/mol. The van der Waals surface area contributed by atoms with Gasteiger partial charge in [-0.1, -0.05) is 0 Å². The van der Waals surface area contributed by atoms with Gasteiger partial charge >= 0.3 is 0 Å². The normalized spacial score (nSPS) is 14.6. The van der Waals surface area contributed by atoms with Crippen molar-refractivity contribution >= 4 is 33.5 Å². The summed E-state index contributed by atoms with van der Waals surface area (Å²) >= 11 is 3.15. The van der Waals surface area contributed by atoms with Crippen molar-refractivity contribution in [1.82, 2.24) is 0 Å². The first-order chi connectivity index (χ1) is 8.27. The number of anilines is 1. The topological polar surface area (TPSA) is 43.1 Å². The van der Waals surface area contributed by atoms with E-state index in [-0.39, 0.29) is 5.78 Å². The van der Waals surface area contributed by atoms with E-state index in [0.717, 1.165) is 24.0 Å². The van der Waals surface area contributed by atoms with E-state index >= 15 is 0 Å². The first-order valence-electron chi connectivity index (χ1n) is 5.74. The summed E-state index contributed by atoms with van der Waals surface area (Å²) < 4.78 is 0. The lowest BCUT2D eigenvalue weighted by atomic mass is 9.92. The predicted molar refractivity (Wildman–Crippen MR) is 73.1 cm³/mol. The number of carbonyl (C=O) groups is 1. The average Bonchev–Trinajstić information content (AvgIpc) is 2.94. The number of hydrogen-bond acceptors (Lipinski definition) is 4. The Hall–Kier alpha value is -1.13. The standard InChI is InChI=1S/C13H13NOS2/c14-13-11(12(15)8-5-6-16-7-8)9-3-1-2-4-10(9)17-13/h5-7H,1-4,14H2. The summed E-state index contributed by atoms with van der Waals surface area (Å²) in [6.07, 6.45) is 4.49. The van der Waals surface area contributed by atoms with Gasteiger partial charge in [-0.15, -0.1) is 11.3 Å². The Kier molecular flexibility index (Phi) is 2.76. The molecule has 0 aromatic carbocycles. The molecule has 17 heavy (non-hydrogen) atoms. The highest BCUT2D eigenvalue weighted by Gasteiger charge is 2.24. The highest BCUT2D eigenvalue weighted by atomic mass is 32.1. The van der Waals surface area contributed by atoms with Crippen LogP contribution in [0.2, 0.25) is 0 Å². The molecule has 88 valence electrons. The molecular weight excluding hydrogens is 250 g/mol. The smallest absolute Gasteiger partial charge is 0.197 e. The molecule has 0 unspecified atom stereocenters. The molecule has 1 aliphatic rings. The average molecular weight is 263 g/mol. The second-order valence-electron chi connectivity index (χ2n) is 4.29. The van der Waals surface area contributed by atoms with Crippen molar-refractivity contribution in [3.05, 3.63) is 38.4 Å². The molecule has 2 aromatic rings. The highest BCUT2D eigenvalue weighted by Crippen LogP contribution is 2.37. The molecule has 0 bridgehead atoms. The minimum Gasteiger partial charge on any atom is -0.390 e. The van der Waals surface area contributed by atoms with Crippen LogP contribution in [-0.4, -0.2) is 5.78 Å². The molecule has 3 rings (SSSR count). The SMILES string of the molecule is Nc1sc2c(c1C(=O)c1ccsc1)CCCC2. The summed E-state index contributed by atoms with van der Waals surface area (Å²) in [5.41, 5.74) is 8.80. The zero-order valence-corrected chi connectivity index (χ0v) is 11.0. The van der Waals surface area contributed by atoms with Crippen LogP contribution in [0.15, 0.2) is 16.8 Å². The molecule has 0 fully saturated rings. The maximum atomic E-state index is 12.4. The van der Waals surface area contributed by atoms with Crippen molar-refractivity contribution in [2.75, 3.05) is 5.73 Å². The molecule has 0 atom stereocenters. The van der Waals surface area contributed by atoms with E-state index in [9.17, 15) is 4.79 Å². The number of fused-ring (bicyclic) bond motifs is 1. The van der Waals surface area contributed by atoms with E-state index in [1.54, 1.807) is 22.7 Å². The molecule has 1 aliphatic carbocycles. The van der Waals surface area contributed by atoms with Gasteiger partial charge in [0.1, 0.15) is 0 Å². The minimum absolute atomic E-state index is 0.100. The number of nitrogens with two attached hydrogens (primary N) is 1. The van der Waals surface area contributed by atoms with Gasteiger partial charge in [0.05, 0.1) is 10.6 Å². The van der Waals surface area contributed by atoms with Crippen LogP contribution in [0.5, 0.6) is 0 Å². The van der Waals surface area contributed by atoms with Crippen LogP contribution in [0.3, 0.4) is 0 Å². The van der Waals surface area contributed by atoms with Gasteiger partial charge in [-0.2, -0.15) is 11.3 Å². The number of ketones is 1. The van der Waals surface area contributed by atoms with Crippen molar-refractivity contribution in [1.29, 1.82) is 0 Å². The van der Waals surface area contributed by atoms with Crippen molar-refractivity contribution in [2.24, 2.45) is 0 Å². The van der Waals surface area contributed by atoms with Crippen molar-refractivity contribution in [3.8, 4) is 0 Å². The molecule has 2 nitrogen and oxygen atoms in total. The first-order valence-corrected chi connectivity index (χ1v) is 7.50. The van der Waals surface area contributed by atoms with Crippen LogP contribution in [0.25, 0.3) is 0 Å². The fraction of sp³-hybridized carbons (Fsp3) is 0.308. The maximum absolute atomic E-state index is 12.4. The van der Waals surface area contributed by atoms with Gasteiger partial charge in [0.25, 0.3) is 0 Å². The molecule has 2 heterocycles. The third-order valence-electron chi connectivity index (χ3n) is 3.21. The number of carbonyl (C=O) groups excluding carboxylic acids is 1. The molecule has 0 aliphatic heterocycles. The summed E-state index contributed by atoms with van der Waals surface area (Å²) in [5.74, 6) is 0.100. The van der Waals surface area contributed by atoms with E-state index in [2.05, 4.69) is 0 Å². The number of hydrogen-bond donors (Lipinski definition) is 1. The minimum atomic E-state index is 0.100. The molecule has 2 aromatic heterocycles. The first kappa shape index (κ1) is 11.0. The number of aryl methyl sites for hydroxylation is 1. The van der Waals surface area contributed by atoms with Gasteiger partial charge in [0, 0.05) is 15.8 Å². The van der Waals surface area contributed by atoms with E-state index in [1.165, 1.54) is 23.3 Å². The molecular formula is C13H13NOS2. The molecule has 0 spiro atoms. The van der Waals surface area contributed by atoms with Crippen LogP contribution >= 0.6 is 22.7 Å². The summed E-state index contributed by atoms with van der Waals surface area (Å²) in [5, 5.41) is 4.53. The predicted octanol–water partition coefficient (Wildman–Crippen LogP) is 3.50. The molecule has 4 heteroatoms. The van der Waals surface area contributed by atoms with Gasteiger partial charge in [-0.05, 0) is 42.7 Å². The van der Waals surface area contributed by atoms with Gasteiger partial charge in [-0.25, -0.2) is 0 Å². The van der Waals surface area contributed by atoms with Crippen LogP contribution in [0, 0.1) is 0 Å². The zero-order chi connectivity index (χ0) is 11.8. The third-order valence-corrected chi connectivity index (χ3v) is 5.01. The van der Waals surface area contributed by atoms with Gasteiger partial charge in [0.15, 0.2) is 5.78 Å². The van der Waals surface area contributed by atoms with E-state index < -0.39 is 0 Å². The molecule has 0 saturated carbocycles. The van der Waals surface area contributed by atoms with Gasteiger partial charge in [-0.3, -0.25) is 4.79 Å². The number of thiophene rings is 2. The lowest BCUT2D eigenvalue weighted by molar-refractivity contribution is 0.103. The number of nitrogen functional groups attached to an aromatic ring is 1. The maximum Gasteiger partial charge on any atom is 0.197 e. The van der Waals surface area contributed by atoms with Gasteiger partial charge < -0.3 is 5.73 Å².